The molecular weight excluding hydrogens is 365 g/mol. The molecule has 2 aromatic rings. The molecule has 0 fully saturated rings. The Kier molecular flexibility index (Phi) is 5.75. The van der Waals surface area contributed by atoms with Gasteiger partial charge in [-0.1, -0.05) is 29.3 Å². The maximum absolute atomic E-state index is 12.3. The van der Waals surface area contributed by atoms with Gasteiger partial charge in [0.05, 0.1) is 4.92 Å². The molecule has 8 heteroatoms. The average Bonchev–Trinajstić information content (AvgIpc) is 2.56. The Morgan fingerprint density at radius 3 is 2.44 bits per heavy atom. The molecule has 1 amide bonds. The molecule has 0 heterocycles. The molecule has 0 spiro atoms. The van der Waals surface area contributed by atoms with Crippen LogP contribution in [0.25, 0.3) is 6.08 Å². The summed E-state index contributed by atoms with van der Waals surface area (Å²) in [5.74, 6) is -0.671. The van der Waals surface area contributed by atoms with E-state index in [9.17, 15) is 20.2 Å². The number of aryl methyl sites for hydroxylation is 1. The highest BCUT2D eigenvalue weighted by Gasteiger charge is 2.14. The van der Waals surface area contributed by atoms with E-state index in [1.54, 1.807) is 31.2 Å². The monoisotopic (exact) mass is 375 g/mol. The zero-order valence-electron chi connectivity index (χ0n) is 12.9. The molecule has 6 nitrogen and oxygen atoms in total. The molecule has 0 saturated carbocycles. The van der Waals surface area contributed by atoms with Crippen molar-refractivity contribution in [3.8, 4) is 6.07 Å². The summed E-state index contributed by atoms with van der Waals surface area (Å²) in [6.45, 7) is 1.61. The van der Waals surface area contributed by atoms with Crippen LogP contribution in [-0.4, -0.2) is 10.8 Å². The number of benzene rings is 2. The first-order valence-corrected chi connectivity index (χ1v) is 7.71. The summed E-state index contributed by atoms with van der Waals surface area (Å²) in [4.78, 5) is 22.5. The molecule has 2 rings (SSSR count). The Balaban J connectivity index is 2.31. The summed E-state index contributed by atoms with van der Waals surface area (Å²) in [5, 5.41) is 23.2. The Labute approximate surface area is 153 Å². The van der Waals surface area contributed by atoms with Crippen molar-refractivity contribution in [2.24, 2.45) is 0 Å². The van der Waals surface area contributed by atoms with E-state index in [-0.39, 0.29) is 11.3 Å². The molecule has 126 valence electrons. The first-order chi connectivity index (χ1) is 11.8. The minimum Gasteiger partial charge on any atom is -0.321 e. The van der Waals surface area contributed by atoms with Gasteiger partial charge in [0, 0.05) is 33.4 Å². The normalized spacial score (nSPS) is 10.9. The first-order valence-electron chi connectivity index (χ1n) is 6.95. The standard InChI is InChI=1S/C17H11Cl2N3O3/c1-10-7-12(22(24)25)5-6-16(10)21-17(23)11(9-20)8-13-14(18)3-2-4-15(13)19/h2-8H,1H3,(H,21,23)/b11-8+. The van der Waals surface area contributed by atoms with Gasteiger partial charge in [-0.2, -0.15) is 5.26 Å². The number of carbonyl (C=O) groups excluding carboxylic acids is 1. The molecule has 0 aliphatic heterocycles. The molecule has 0 aliphatic carbocycles. The number of nitrogens with one attached hydrogen (secondary N) is 1. The second-order valence-corrected chi connectivity index (χ2v) is 5.83. The number of halogens is 2. The fraction of sp³-hybridized carbons (Fsp3) is 0.0588. The largest absolute Gasteiger partial charge is 0.321 e. The summed E-state index contributed by atoms with van der Waals surface area (Å²) in [5.41, 5.74) is 0.928. The van der Waals surface area contributed by atoms with Gasteiger partial charge < -0.3 is 5.32 Å². The van der Waals surface area contributed by atoms with E-state index in [4.69, 9.17) is 23.2 Å². The van der Waals surface area contributed by atoms with Crippen LogP contribution in [0.3, 0.4) is 0 Å². The van der Waals surface area contributed by atoms with Gasteiger partial charge >= 0.3 is 0 Å². The zero-order valence-corrected chi connectivity index (χ0v) is 14.4. The Morgan fingerprint density at radius 1 is 1.28 bits per heavy atom. The number of carbonyl (C=O) groups is 1. The minimum absolute atomic E-state index is 0.0885. The van der Waals surface area contributed by atoms with Crippen LogP contribution >= 0.6 is 23.2 Å². The Bertz CT molecular complexity index is 913. The third-order valence-corrected chi connectivity index (χ3v) is 3.98. The summed E-state index contributed by atoms with van der Waals surface area (Å²) < 4.78 is 0. The summed E-state index contributed by atoms with van der Waals surface area (Å²) >= 11 is 12.1. The summed E-state index contributed by atoms with van der Waals surface area (Å²) in [6, 6.07) is 10.6. The van der Waals surface area contributed by atoms with Crippen molar-refractivity contribution in [1.29, 1.82) is 5.26 Å². The van der Waals surface area contributed by atoms with Crippen molar-refractivity contribution in [3.63, 3.8) is 0 Å². The van der Waals surface area contributed by atoms with Gasteiger partial charge in [0.1, 0.15) is 11.6 Å². The van der Waals surface area contributed by atoms with E-state index in [1.165, 1.54) is 24.3 Å². The molecule has 0 radical (unpaired) electrons. The molecule has 0 bridgehead atoms. The number of nitrogens with zero attached hydrogens (tertiary/aromatic N) is 2. The van der Waals surface area contributed by atoms with E-state index in [0.29, 0.717) is 26.9 Å². The lowest BCUT2D eigenvalue weighted by Crippen LogP contribution is -2.14. The maximum atomic E-state index is 12.3. The smallest absolute Gasteiger partial charge is 0.269 e. The SMILES string of the molecule is Cc1cc([N+](=O)[O-])ccc1NC(=O)/C(C#N)=C/c1c(Cl)cccc1Cl. The molecule has 1 N–H and O–H groups in total. The van der Waals surface area contributed by atoms with Crippen molar-refractivity contribution in [3.05, 3.63) is 73.3 Å². The molecule has 0 unspecified atom stereocenters. The van der Waals surface area contributed by atoms with E-state index in [2.05, 4.69) is 5.32 Å². The summed E-state index contributed by atoms with van der Waals surface area (Å²) in [6.07, 6.45) is 1.29. The van der Waals surface area contributed by atoms with Gasteiger partial charge in [-0.25, -0.2) is 0 Å². The van der Waals surface area contributed by atoms with Gasteiger partial charge in [0.2, 0.25) is 0 Å². The molecule has 0 aliphatic rings. The van der Waals surface area contributed by atoms with Crippen molar-refractivity contribution in [2.75, 3.05) is 5.32 Å². The lowest BCUT2D eigenvalue weighted by molar-refractivity contribution is -0.384. The minimum atomic E-state index is -0.671. The molecule has 25 heavy (non-hydrogen) atoms. The Morgan fingerprint density at radius 2 is 1.92 bits per heavy atom. The maximum Gasteiger partial charge on any atom is 0.269 e. The number of rotatable bonds is 4. The number of amides is 1. The number of anilines is 1. The molecule has 0 atom stereocenters. The second kappa shape index (κ2) is 7.79. The molecule has 2 aromatic carbocycles. The first kappa shape index (κ1) is 18.5. The number of nitriles is 1. The second-order valence-electron chi connectivity index (χ2n) is 5.02. The third kappa shape index (κ3) is 4.35. The number of hydrogen-bond donors (Lipinski definition) is 1. The quantitative estimate of drug-likeness (QED) is 0.360. The number of non-ortho nitro benzene ring substituents is 1. The number of hydrogen-bond acceptors (Lipinski definition) is 4. The van der Waals surface area contributed by atoms with Crippen molar-refractivity contribution in [2.45, 2.75) is 6.92 Å². The van der Waals surface area contributed by atoms with Gasteiger partial charge in [-0.15, -0.1) is 0 Å². The van der Waals surface area contributed by atoms with Gasteiger partial charge in [0.25, 0.3) is 11.6 Å². The van der Waals surface area contributed by atoms with Crippen LogP contribution in [0.5, 0.6) is 0 Å². The predicted octanol–water partition coefficient (Wildman–Crippen LogP) is 4.76. The average molecular weight is 376 g/mol. The third-order valence-electron chi connectivity index (χ3n) is 3.32. The highest BCUT2D eigenvalue weighted by atomic mass is 35.5. The highest BCUT2D eigenvalue weighted by Crippen LogP contribution is 2.27. The van der Waals surface area contributed by atoms with Crippen LogP contribution in [-0.2, 0) is 4.79 Å². The fourth-order valence-corrected chi connectivity index (χ4v) is 2.54. The van der Waals surface area contributed by atoms with Gasteiger partial charge in [0.15, 0.2) is 0 Å². The van der Waals surface area contributed by atoms with Crippen molar-refractivity contribution < 1.29 is 9.72 Å². The Hall–Kier alpha value is -2.88. The van der Waals surface area contributed by atoms with E-state index in [1.807, 2.05) is 0 Å². The topological polar surface area (TPSA) is 96.0 Å². The highest BCUT2D eigenvalue weighted by molar-refractivity contribution is 6.37. The van der Waals surface area contributed by atoms with Crippen LogP contribution < -0.4 is 5.32 Å². The van der Waals surface area contributed by atoms with Crippen LogP contribution in [0.15, 0.2) is 42.0 Å². The fourth-order valence-electron chi connectivity index (χ4n) is 2.03. The molecule has 0 saturated heterocycles. The predicted molar refractivity (Wildman–Crippen MR) is 96.5 cm³/mol. The van der Waals surface area contributed by atoms with Crippen LogP contribution in [0, 0.1) is 28.4 Å². The lowest BCUT2D eigenvalue weighted by Gasteiger charge is -2.08. The van der Waals surface area contributed by atoms with Crippen molar-refractivity contribution >= 4 is 46.6 Å². The van der Waals surface area contributed by atoms with E-state index >= 15 is 0 Å². The van der Waals surface area contributed by atoms with Crippen LogP contribution in [0.1, 0.15) is 11.1 Å². The lowest BCUT2D eigenvalue weighted by atomic mass is 10.1. The van der Waals surface area contributed by atoms with E-state index in [0.717, 1.165) is 0 Å². The molecule has 0 aromatic heterocycles. The zero-order chi connectivity index (χ0) is 18.6. The molecular formula is C17H11Cl2N3O3. The van der Waals surface area contributed by atoms with Crippen LogP contribution in [0.2, 0.25) is 10.0 Å². The van der Waals surface area contributed by atoms with Gasteiger partial charge in [-0.3, -0.25) is 14.9 Å². The van der Waals surface area contributed by atoms with Crippen molar-refractivity contribution in [1.82, 2.24) is 0 Å². The number of nitro groups is 1. The summed E-state index contributed by atoms with van der Waals surface area (Å²) in [7, 11) is 0. The van der Waals surface area contributed by atoms with Crippen LogP contribution in [0.4, 0.5) is 11.4 Å². The van der Waals surface area contributed by atoms with Gasteiger partial charge in [-0.05, 0) is 36.8 Å². The van der Waals surface area contributed by atoms with E-state index < -0.39 is 10.8 Å². The number of nitro benzene ring substituents is 1.